The van der Waals surface area contributed by atoms with Gasteiger partial charge < -0.3 is 5.32 Å². The van der Waals surface area contributed by atoms with Gasteiger partial charge in [-0.25, -0.2) is 0 Å². The first-order chi connectivity index (χ1) is 10.5. The van der Waals surface area contributed by atoms with Gasteiger partial charge in [0.05, 0.1) is 0 Å². The summed E-state index contributed by atoms with van der Waals surface area (Å²) in [6.07, 6.45) is 3.97. The fourth-order valence-corrected chi connectivity index (χ4v) is 4.69. The first kappa shape index (κ1) is 23.0. The lowest BCUT2D eigenvalue weighted by molar-refractivity contribution is 0.0591. The van der Waals surface area contributed by atoms with Gasteiger partial charge in [0.15, 0.2) is 0 Å². The molecule has 0 bridgehead atoms. The smallest absolute Gasteiger partial charge is 0.00203 e. The second kappa shape index (κ2) is 10.7. The normalized spacial score (nSPS) is 18.3. The van der Waals surface area contributed by atoms with E-state index in [2.05, 4.69) is 74.6 Å². The average Bonchev–Trinajstić information content (AvgIpc) is 2.36. The van der Waals surface area contributed by atoms with Crippen molar-refractivity contribution in [1.29, 1.82) is 0 Å². The largest absolute Gasteiger partial charge is 0.316 e. The summed E-state index contributed by atoms with van der Waals surface area (Å²) < 4.78 is 0. The van der Waals surface area contributed by atoms with Gasteiger partial charge in [-0.2, -0.15) is 0 Å². The highest BCUT2D eigenvalue weighted by atomic mass is 14.9. The van der Waals surface area contributed by atoms with Gasteiger partial charge in [0.1, 0.15) is 0 Å². The third-order valence-corrected chi connectivity index (χ3v) is 5.73. The van der Waals surface area contributed by atoms with Crippen molar-refractivity contribution in [3.63, 3.8) is 0 Å². The molecule has 0 heterocycles. The molecule has 1 nitrogen and oxygen atoms in total. The maximum atomic E-state index is 3.65. The molecular formula is C22H47N. The van der Waals surface area contributed by atoms with Crippen LogP contribution in [0.5, 0.6) is 0 Å². The zero-order valence-corrected chi connectivity index (χ0v) is 18.0. The van der Waals surface area contributed by atoms with Gasteiger partial charge in [-0.3, -0.25) is 0 Å². The van der Waals surface area contributed by atoms with Crippen LogP contribution in [0.4, 0.5) is 0 Å². The summed E-state index contributed by atoms with van der Waals surface area (Å²) >= 11 is 0. The topological polar surface area (TPSA) is 12.0 Å². The molecule has 0 radical (unpaired) electrons. The van der Waals surface area contributed by atoms with E-state index in [1.165, 1.54) is 25.8 Å². The van der Waals surface area contributed by atoms with E-state index in [0.717, 1.165) is 42.1 Å². The molecular weight excluding hydrogens is 278 g/mol. The van der Waals surface area contributed by atoms with Crippen molar-refractivity contribution in [3.05, 3.63) is 0 Å². The van der Waals surface area contributed by atoms with Crippen molar-refractivity contribution in [3.8, 4) is 0 Å². The number of hydrogen-bond donors (Lipinski definition) is 1. The monoisotopic (exact) mass is 325 g/mol. The van der Waals surface area contributed by atoms with Gasteiger partial charge in [0.25, 0.3) is 0 Å². The van der Waals surface area contributed by atoms with Crippen LogP contribution in [0.1, 0.15) is 88.5 Å². The molecule has 1 heteroatoms. The summed E-state index contributed by atoms with van der Waals surface area (Å²) in [5, 5.41) is 3.65. The Morgan fingerprint density at radius 3 is 1.83 bits per heavy atom. The summed E-state index contributed by atoms with van der Waals surface area (Å²) in [4.78, 5) is 0. The number of hydrogen-bond acceptors (Lipinski definition) is 1. The molecule has 0 aliphatic heterocycles. The first-order valence-electron chi connectivity index (χ1n) is 10.2. The van der Waals surface area contributed by atoms with E-state index in [0.29, 0.717) is 5.41 Å². The van der Waals surface area contributed by atoms with Crippen molar-refractivity contribution in [2.45, 2.75) is 88.5 Å². The SMILES string of the molecule is CCCNCC(C)C(C(C)C)C(C)C(CCC(C)C)C(C)(C)C. The second-order valence-corrected chi connectivity index (χ2v) is 9.81. The maximum Gasteiger partial charge on any atom is -0.00203 e. The Kier molecular flexibility index (Phi) is 10.7. The highest BCUT2D eigenvalue weighted by Gasteiger charge is 2.37. The van der Waals surface area contributed by atoms with Crippen LogP contribution in [-0.2, 0) is 0 Å². The molecule has 0 aromatic carbocycles. The highest BCUT2D eigenvalue weighted by Crippen LogP contribution is 2.43. The molecule has 4 atom stereocenters. The van der Waals surface area contributed by atoms with Crippen LogP contribution >= 0.6 is 0 Å². The molecule has 0 saturated carbocycles. The summed E-state index contributed by atoms with van der Waals surface area (Å²) in [5.41, 5.74) is 0.401. The second-order valence-electron chi connectivity index (χ2n) is 9.81. The molecule has 140 valence electrons. The molecule has 0 rings (SSSR count). The van der Waals surface area contributed by atoms with E-state index in [9.17, 15) is 0 Å². The molecule has 4 unspecified atom stereocenters. The van der Waals surface area contributed by atoms with Crippen LogP contribution < -0.4 is 5.32 Å². The molecule has 0 saturated heterocycles. The number of nitrogens with one attached hydrogen (secondary N) is 1. The predicted molar refractivity (Wildman–Crippen MR) is 107 cm³/mol. The van der Waals surface area contributed by atoms with Crippen molar-refractivity contribution < 1.29 is 0 Å². The lowest BCUT2D eigenvalue weighted by Crippen LogP contribution is -2.39. The van der Waals surface area contributed by atoms with Crippen LogP contribution in [0.3, 0.4) is 0 Å². The molecule has 0 aliphatic carbocycles. The maximum absolute atomic E-state index is 3.65. The van der Waals surface area contributed by atoms with Crippen molar-refractivity contribution in [2.75, 3.05) is 13.1 Å². The van der Waals surface area contributed by atoms with Crippen LogP contribution in [0.2, 0.25) is 0 Å². The molecule has 0 aliphatic rings. The summed E-state index contributed by atoms with van der Waals surface area (Å²) in [6.45, 7) is 26.5. The Bertz CT molecular complexity index is 287. The Labute approximate surface area is 148 Å². The third-order valence-electron chi connectivity index (χ3n) is 5.73. The fraction of sp³-hybridized carbons (Fsp3) is 1.00. The van der Waals surface area contributed by atoms with E-state index in [-0.39, 0.29) is 0 Å². The van der Waals surface area contributed by atoms with Gasteiger partial charge in [-0.05, 0) is 66.9 Å². The van der Waals surface area contributed by atoms with E-state index >= 15 is 0 Å². The lowest BCUT2D eigenvalue weighted by Gasteiger charge is -2.43. The van der Waals surface area contributed by atoms with Gasteiger partial charge in [0, 0.05) is 0 Å². The van der Waals surface area contributed by atoms with E-state index in [1.807, 2.05) is 0 Å². The standard InChI is InChI=1S/C22H47N/c1-11-14-23-15-18(6)21(17(4)5)19(7)20(22(8,9)10)13-12-16(2)3/h16-21,23H,11-15H2,1-10H3. The molecule has 1 N–H and O–H groups in total. The molecule has 0 amide bonds. The van der Waals surface area contributed by atoms with Gasteiger partial charge in [-0.15, -0.1) is 0 Å². The minimum absolute atomic E-state index is 0.401. The summed E-state index contributed by atoms with van der Waals surface area (Å²) in [7, 11) is 0. The van der Waals surface area contributed by atoms with Crippen LogP contribution in [0, 0.1) is 40.9 Å². The predicted octanol–water partition coefficient (Wildman–Crippen LogP) is 6.63. The van der Waals surface area contributed by atoms with Crippen LogP contribution in [-0.4, -0.2) is 13.1 Å². The quantitative estimate of drug-likeness (QED) is 0.420. The van der Waals surface area contributed by atoms with Gasteiger partial charge >= 0.3 is 0 Å². The lowest BCUT2D eigenvalue weighted by atomic mass is 9.62. The van der Waals surface area contributed by atoms with E-state index < -0.39 is 0 Å². The zero-order chi connectivity index (χ0) is 18.2. The summed E-state index contributed by atoms with van der Waals surface area (Å²) in [6, 6.07) is 0. The van der Waals surface area contributed by atoms with Crippen molar-refractivity contribution in [1.82, 2.24) is 5.32 Å². The third kappa shape index (κ3) is 8.57. The molecule has 0 aromatic heterocycles. The van der Waals surface area contributed by atoms with Crippen LogP contribution in [0.15, 0.2) is 0 Å². The Morgan fingerprint density at radius 1 is 0.870 bits per heavy atom. The van der Waals surface area contributed by atoms with Crippen molar-refractivity contribution in [2.24, 2.45) is 40.9 Å². The molecule has 23 heavy (non-hydrogen) atoms. The first-order valence-corrected chi connectivity index (χ1v) is 10.2. The molecule has 0 aromatic rings. The van der Waals surface area contributed by atoms with E-state index in [1.54, 1.807) is 0 Å². The highest BCUT2D eigenvalue weighted by molar-refractivity contribution is 4.86. The van der Waals surface area contributed by atoms with Crippen molar-refractivity contribution >= 4 is 0 Å². The molecule has 0 fully saturated rings. The minimum Gasteiger partial charge on any atom is -0.316 e. The Morgan fingerprint density at radius 2 is 1.43 bits per heavy atom. The number of rotatable bonds is 11. The van der Waals surface area contributed by atoms with Crippen LogP contribution in [0.25, 0.3) is 0 Å². The van der Waals surface area contributed by atoms with Gasteiger partial charge in [0.2, 0.25) is 0 Å². The summed E-state index contributed by atoms with van der Waals surface area (Å²) in [5.74, 6) is 4.72. The minimum atomic E-state index is 0.401. The zero-order valence-electron chi connectivity index (χ0n) is 18.0. The van der Waals surface area contributed by atoms with E-state index in [4.69, 9.17) is 0 Å². The molecule has 0 spiro atoms. The Hall–Kier alpha value is -0.0400. The Balaban J connectivity index is 5.08. The van der Waals surface area contributed by atoms with Gasteiger partial charge in [-0.1, -0.05) is 75.7 Å². The average molecular weight is 326 g/mol. The fourth-order valence-electron chi connectivity index (χ4n) is 4.69.